The Labute approximate surface area is 121 Å². The van der Waals surface area contributed by atoms with Crippen LogP contribution in [0.3, 0.4) is 0 Å². The topological polar surface area (TPSA) is 71.0 Å². The quantitative estimate of drug-likeness (QED) is 0.669. The molecule has 1 aromatic carbocycles. The van der Waals surface area contributed by atoms with Crippen LogP contribution < -0.4 is 14.8 Å². The zero-order chi connectivity index (χ0) is 14.3. The molecule has 0 aliphatic rings. The molecule has 1 aromatic rings. The van der Waals surface area contributed by atoms with Crippen molar-refractivity contribution in [2.75, 3.05) is 26.9 Å². The Morgan fingerprint density at radius 2 is 2.16 bits per heavy atom. The molecule has 1 atom stereocenters. The molecule has 0 radical (unpaired) electrons. The van der Waals surface area contributed by atoms with Gasteiger partial charge in [0, 0.05) is 13.1 Å². The van der Waals surface area contributed by atoms with Crippen LogP contribution in [0.15, 0.2) is 16.6 Å². The number of nitrogens with one attached hydrogen (secondary N) is 1. The second-order valence-electron chi connectivity index (χ2n) is 4.01. The predicted octanol–water partition coefficient (Wildman–Crippen LogP) is 1.30. The molecule has 0 aromatic heterocycles. The molecule has 0 bridgehead atoms. The second kappa shape index (κ2) is 8.37. The van der Waals surface area contributed by atoms with Crippen molar-refractivity contribution >= 4 is 15.9 Å². The van der Waals surface area contributed by atoms with Crippen molar-refractivity contribution in [1.29, 1.82) is 0 Å². The minimum absolute atomic E-state index is 0.247. The largest absolute Gasteiger partial charge is 0.493 e. The number of aliphatic hydroxyl groups excluding tert-OH is 2. The van der Waals surface area contributed by atoms with Gasteiger partial charge in [-0.25, -0.2) is 0 Å². The van der Waals surface area contributed by atoms with E-state index in [1.807, 2.05) is 19.1 Å². The normalized spacial score (nSPS) is 12.3. The van der Waals surface area contributed by atoms with Gasteiger partial charge in [0.1, 0.15) is 0 Å². The summed E-state index contributed by atoms with van der Waals surface area (Å²) in [5.41, 5.74) is 0.998. The van der Waals surface area contributed by atoms with Crippen LogP contribution >= 0.6 is 15.9 Å². The summed E-state index contributed by atoms with van der Waals surface area (Å²) in [5.74, 6) is 1.35. The Balaban J connectivity index is 2.72. The van der Waals surface area contributed by atoms with Crippen molar-refractivity contribution in [2.45, 2.75) is 19.6 Å². The highest BCUT2D eigenvalue weighted by molar-refractivity contribution is 9.10. The van der Waals surface area contributed by atoms with Crippen LogP contribution in [-0.4, -0.2) is 43.2 Å². The first kappa shape index (κ1) is 16.2. The Bertz CT molecular complexity index is 400. The molecule has 19 heavy (non-hydrogen) atoms. The fourth-order valence-corrected chi connectivity index (χ4v) is 2.21. The highest BCUT2D eigenvalue weighted by Crippen LogP contribution is 2.36. The van der Waals surface area contributed by atoms with E-state index in [9.17, 15) is 5.11 Å². The predicted molar refractivity (Wildman–Crippen MR) is 76.7 cm³/mol. The summed E-state index contributed by atoms with van der Waals surface area (Å²) in [6.07, 6.45) is -0.743. The van der Waals surface area contributed by atoms with Crippen LogP contribution in [0.25, 0.3) is 0 Å². The lowest BCUT2D eigenvalue weighted by atomic mass is 10.2. The van der Waals surface area contributed by atoms with Crippen molar-refractivity contribution in [1.82, 2.24) is 5.32 Å². The summed E-state index contributed by atoms with van der Waals surface area (Å²) in [6, 6.07) is 3.82. The van der Waals surface area contributed by atoms with Crippen LogP contribution in [0.5, 0.6) is 11.5 Å². The van der Waals surface area contributed by atoms with Gasteiger partial charge >= 0.3 is 0 Å². The maximum atomic E-state index is 9.24. The lowest BCUT2D eigenvalue weighted by Crippen LogP contribution is -2.28. The van der Waals surface area contributed by atoms with Gasteiger partial charge in [0.25, 0.3) is 0 Å². The van der Waals surface area contributed by atoms with Gasteiger partial charge < -0.3 is 25.0 Å². The van der Waals surface area contributed by atoms with Gasteiger partial charge in [-0.1, -0.05) is 0 Å². The van der Waals surface area contributed by atoms with Gasteiger partial charge in [0.2, 0.25) is 0 Å². The van der Waals surface area contributed by atoms with E-state index >= 15 is 0 Å². The number of rotatable bonds is 8. The van der Waals surface area contributed by atoms with E-state index < -0.39 is 6.10 Å². The molecule has 0 aliphatic carbocycles. The molecule has 1 rings (SSSR count). The van der Waals surface area contributed by atoms with E-state index in [4.69, 9.17) is 14.6 Å². The van der Waals surface area contributed by atoms with Crippen molar-refractivity contribution in [3.63, 3.8) is 0 Å². The van der Waals surface area contributed by atoms with Crippen LogP contribution in [0.2, 0.25) is 0 Å². The number of benzene rings is 1. The number of ether oxygens (including phenoxy) is 2. The maximum absolute atomic E-state index is 9.24. The zero-order valence-electron chi connectivity index (χ0n) is 11.1. The third kappa shape index (κ3) is 4.99. The Hall–Kier alpha value is -0.820. The standard InChI is InChI=1S/C13H20BrNO4/c1-3-19-13-11(14)4-9(5-12(13)18-2)6-15-7-10(17)8-16/h4-5,10,15-17H,3,6-8H2,1-2H3. The average molecular weight is 334 g/mol. The number of methoxy groups -OCH3 is 1. The minimum Gasteiger partial charge on any atom is -0.493 e. The van der Waals surface area contributed by atoms with Gasteiger partial charge in [-0.2, -0.15) is 0 Å². The molecule has 0 amide bonds. The molecule has 0 fully saturated rings. The van der Waals surface area contributed by atoms with Crippen LogP contribution in [0.4, 0.5) is 0 Å². The summed E-state index contributed by atoms with van der Waals surface area (Å²) in [5, 5.41) is 21.0. The van der Waals surface area contributed by atoms with Crippen molar-refractivity contribution in [3.05, 3.63) is 22.2 Å². The van der Waals surface area contributed by atoms with Gasteiger partial charge in [0.05, 0.1) is 30.9 Å². The second-order valence-corrected chi connectivity index (χ2v) is 4.86. The smallest absolute Gasteiger partial charge is 0.175 e. The minimum atomic E-state index is -0.743. The molecule has 0 heterocycles. The van der Waals surface area contributed by atoms with Crippen molar-refractivity contribution in [3.8, 4) is 11.5 Å². The molecule has 0 saturated carbocycles. The van der Waals surface area contributed by atoms with E-state index in [-0.39, 0.29) is 6.61 Å². The number of halogens is 1. The Morgan fingerprint density at radius 1 is 1.42 bits per heavy atom. The van der Waals surface area contributed by atoms with Crippen LogP contribution in [-0.2, 0) is 6.54 Å². The maximum Gasteiger partial charge on any atom is 0.175 e. The Kier molecular flexibility index (Phi) is 7.15. The average Bonchev–Trinajstić information content (AvgIpc) is 2.41. The Morgan fingerprint density at radius 3 is 2.74 bits per heavy atom. The van der Waals surface area contributed by atoms with Gasteiger partial charge in [-0.15, -0.1) is 0 Å². The summed E-state index contributed by atoms with van der Waals surface area (Å²) >= 11 is 3.45. The summed E-state index contributed by atoms with van der Waals surface area (Å²) < 4.78 is 11.6. The fourth-order valence-electron chi connectivity index (χ4n) is 1.61. The summed E-state index contributed by atoms with van der Waals surface area (Å²) in [6.45, 7) is 3.14. The SMILES string of the molecule is CCOc1c(Br)cc(CNCC(O)CO)cc1OC. The molecule has 108 valence electrons. The third-order valence-electron chi connectivity index (χ3n) is 2.50. The molecule has 1 unspecified atom stereocenters. The molecule has 5 nitrogen and oxygen atoms in total. The van der Waals surface area contributed by atoms with Crippen LogP contribution in [0.1, 0.15) is 12.5 Å². The lowest BCUT2D eigenvalue weighted by molar-refractivity contribution is 0.0942. The molecule has 6 heteroatoms. The monoisotopic (exact) mass is 333 g/mol. The first-order chi connectivity index (χ1) is 9.12. The first-order valence-electron chi connectivity index (χ1n) is 6.11. The van der Waals surface area contributed by atoms with Gasteiger partial charge in [-0.3, -0.25) is 0 Å². The van der Waals surface area contributed by atoms with Crippen molar-refractivity contribution < 1.29 is 19.7 Å². The molecule has 3 N–H and O–H groups in total. The molecular weight excluding hydrogens is 314 g/mol. The number of hydrogen-bond donors (Lipinski definition) is 3. The van der Waals surface area contributed by atoms with E-state index in [1.165, 1.54) is 0 Å². The lowest BCUT2D eigenvalue weighted by Gasteiger charge is -2.14. The first-order valence-corrected chi connectivity index (χ1v) is 6.90. The third-order valence-corrected chi connectivity index (χ3v) is 3.09. The van der Waals surface area contributed by atoms with Gasteiger partial charge in [-0.05, 0) is 40.5 Å². The van der Waals surface area contributed by atoms with E-state index in [2.05, 4.69) is 21.2 Å². The fraction of sp³-hybridized carbons (Fsp3) is 0.538. The number of hydrogen-bond acceptors (Lipinski definition) is 5. The summed E-state index contributed by atoms with van der Waals surface area (Å²) in [7, 11) is 1.59. The molecule has 0 saturated heterocycles. The number of aliphatic hydroxyl groups is 2. The zero-order valence-corrected chi connectivity index (χ0v) is 12.7. The van der Waals surface area contributed by atoms with E-state index in [0.717, 1.165) is 10.0 Å². The van der Waals surface area contributed by atoms with E-state index in [0.29, 0.717) is 31.2 Å². The van der Waals surface area contributed by atoms with Crippen LogP contribution in [0, 0.1) is 0 Å². The molecule has 0 aliphatic heterocycles. The van der Waals surface area contributed by atoms with E-state index in [1.54, 1.807) is 7.11 Å². The van der Waals surface area contributed by atoms with Crippen molar-refractivity contribution in [2.24, 2.45) is 0 Å². The summed E-state index contributed by atoms with van der Waals surface area (Å²) in [4.78, 5) is 0. The highest BCUT2D eigenvalue weighted by Gasteiger charge is 2.11. The van der Waals surface area contributed by atoms with Gasteiger partial charge in [0.15, 0.2) is 11.5 Å². The molecular formula is C13H20BrNO4. The highest BCUT2D eigenvalue weighted by atomic mass is 79.9. The molecule has 0 spiro atoms.